The van der Waals surface area contributed by atoms with Crippen LogP contribution < -0.4 is 0 Å². The van der Waals surface area contributed by atoms with Gasteiger partial charge in [-0.1, -0.05) is 53.3 Å². The van der Waals surface area contributed by atoms with E-state index in [0.717, 1.165) is 17.1 Å². The topological polar surface area (TPSA) is 20.2 Å². The van der Waals surface area contributed by atoms with Gasteiger partial charge in [-0.2, -0.15) is 11.8 Å². The molecule has 0 unspecified atom stereocenters. The van der Waals surface area contributed by atoms with Gasteiger partial charge in [0.1, 0.15) is 6.61 Å². The molecule has 0 aliphatic rings. The number of aliphatic hydroxyl groups excluding tert-OH is 1. The molecule has 1 N–H and O–H groups in total. The molecule has 0 bridgehead atoms. The highest BCUT2D eigenvalue weighted by Gasteiger charge is 1.99. The lowest BCUT2D eigenvalue weighted by Crippen LogP contribution is -1.87. The van der Waals surface area contributed by atoms with Crippen LogP contribution >= 0.6 is 11.8 Å². The molecule has 2 aromatic rings. The van der Waals surface area contributed by atoms with Crippen molar-refractivity contribution in [3.05, 3.63) is 70.3 Å². The summed E-state index contributed by atoms with van der Waals surface area (Å²) in [5, 5.41) is 8.73. The Hall–Kier alpha value is -1.69. The van der Waals surface area contributed by atoms with E-state index in [-0.39, 0.29) is 6.61 Å². The van der Waals surface area contributed by atoms with Crippen LogP contribution in [0.3, 0.4) is 0 Å². The van der Waals surface area contributed by atoms with Crippen LogP contribution in [-0.4, -0.2) is 11.7 Å². The summed E-state index contributed by atoms with van der Waals surface area (Å²) in [5.74, 6) is 7.63. The van der Waals surface area contributed by atoms with Gasteiger partial charge in [-0.3, -0.25) is 0 Å². The minimum absolute atomic E-state index is 0.0916. The van der Waals surface area contributed by atoms with E-state index in [0.29, 0.717) is 0 Å². The van der Waals surface area contributed by atoms with E-state index in [2.05, 4.69) is 56.0 Å². The Bertz CT molecular complexity index is 645. The number of aliphatic hydroxyl groups is 1. The SMILES string of the molecule is Cc1cc(C)cc(CSCc2cccc(C#CCO)c2)c1. The molecule has 0 saturated carbocycles. The van der Waals surface area contributed by atoms with Crippen molar-refractivity contribution in [2.24, 2.45) is 0 Å². The maximum Gasteiger partial charge on any atom is 0.104 e. The van der Waals surface area contributed by atoms with Crippen LogP contribution in [0.5, 0.6) is 0 Å². The molecule has 0 spiro atoms. The fraction of sp³-hybridized carbons (Fsp3) is 0.263. The zero-order valence-corrected chi connectivity index (χ0v) is 13.3. The average molecular weight is 296 g/mol. The van der Waals surface area contributed by atoms with Crippen molar-refractivity contribution < 1.29 is 5.11 Å². The van der Waals surface area contributed by atoms with E-state index in [1.165, 1.54) is 22.3 Å². The summed E-state index contributed by atoms with van der Waals surface area (Å²) >= 11 is 1.91. The van der Waals surface area contributed by atoms with E-state index < -0.39 is 0 Å². The largest absolute Gasteiger partial charge is 0.384 e. The Morgan fingerprint density at radius 3 is 2.38 bits per heavy atom. The highest BCUT2D eigenvalue weighted by atomic mass is 32.2. The lowest BCUT2D eigenvalue weighted by molar-refractivity contribution is 0.350. The number of benzene rings is 2. The normalized spacial score (nSPS) is 10.0. The first-order valence-electron chi connectivity index (χ1n) is 7.01. The van der Waals surface area contributed by atoms with Gasteiger partial charge in [0.15, 0.2) is 0 Å². The van der Waals surface area contributed by atoms with Gasteiger partial charge in [-0.05, 0) is 37.1 Å². The number of hydrogen-bond donors (Lipinski definition) is 1. The second-order valence-electron chi connectivity index (χ2n) is 5.15. The van der Waals surface area contributed by atoms with E-state index in [1.54, 1.807) is 0 Å². The summed E-state index contributed by atoms with van der Waals surface area (Å²) in [6.07, 6.45) is 0. The fourth-order valence-electron chi connectivity index (χ4n) is 2.32. The Labute approximate surface area is 131 Å². The standard InChI is InChI=1S/C19H20OS/c1-15-9-16(2)11-19(10-15)14-21-13-18-6-3-5-17(12-18)7-4-8-20/h3,5-6,9-12,20H,8,13-14H2,1-2H3. The highest BCUT2D eigenvalue weighted by molar-refractivity contribution is 7.97. The fourth-order valence-corrected chi connectivity index (χ4v) is 3.24. The number of aryl methyl sites for hydroxylation is 2. The summed E-state index contributed by atoms with van der Waals surface area (Å²) in [6, 6.07) is 14.9. The summed E-state index contributed by atoms with van der Waals surface area (Å²) in [4.78, 5) is 0. The molecule has 0 saturated heterocycles. The van der Waals surface area contributed by atoms with Crippen molar-refractivity contribution in [2.75, 3.05) is 6.61 Å². The molecule has 0 aliphatic heterocycles. The van der Waals surface area contributed by atoms with Crippen molar-refractivity contribution in [1.29, 1.82) is 0 Å². The molecule has 0 aliphatic carbocycles. The van der Waals surface area contributed by atoms with Crippen LogP contribution in [0.2, 0.25) is 0 Å². The van der Waals surface area contributed by atoms with Gasteiger partial charge in [0.2, 0.25) is 0 Å². The molecule has 0 atom stereocenters. The number of rotatable bonds is 4. The molecule has 1 nitrogen and oxygen atoms in total. The molecule has 2 heteroatoms. The minimum Gasteiger partial charge on any atom is -0.384 e. The van der Waals surface area contributed by atoms with Crippen molar-refractivity contribution in [1.82, 2.24) is 0 Å². The highest BCUT2D eigenvalue weighted by Crippen LogP contribution is 2.20. The van der Waals surface area contributed by atoms with Gasteiger partial charge >= 0.3 is 0 Å². The number of hydrogen-bond acceptors (Lipinski definition) is 2. The lowest BCUT2D eigenvalue weighted by atomic mass is 10.1. The van der Waals surface area contributed by atoms with Crippen LogP contribution in [0, 0.1) is 25.7 Å². The summed E-state index contributed by atoms with van der Waals surface area (Å²) in [6.45, 7) is 4.20. The van der Waals surface area contributed by atoms with Crippen molar-refractivity contribution >= 4 is 11.8 Å². The van der Waals surface area contributed by atoms with E-state index >= 15 is 0 Å². The molecule has 108 valence electrons. The molecule has 0 radical (unpaired) electrons. The van der Waals surface area contributed by atoms with Crippen LogP contribution in [0.15, 0.2) is 42.5 Å². The summed E-state index contributed by atoms with van der Waals surface area (Å²) in [7, 11) is 0. The molecule has 0 heterocycles. The van der Waals surface area contributed by atoms with Gasteiger partial charge in [0.05, 0.1) is 0 Å². The quantitative estimate of drug-likeness (QED) is 0.858. The second kappa shape index (κ2) is 7.93. The monoisotopic (exact) mass is 296 g/mol. The zero-order chi connectivity index (χ0) is 15.1. The average Bonchev–Trinajstić information content (AvgIpc) is 2.44. The third-order valence-corrected chi connectivity index (χ3v) is 4.13. The molecule has 0 fully saturated rings. The van der Waals surface area contributed by atoms with Crippen LogP contribution in [-0.2, 0) is 11.5 Å². The van der Waals surface area contributed by atoms with Gasteiger partial charge in [0, 0.05) is 17.1 Å². The van der Waals surface area contributed by atoms with E-state index in [9.17, 15) is 0 Å². The van der Waals surface area contributed by atoms with E-state index in [4.69, 9.17) is 5.11 Å². The maximum absolute atomic E-state index is 8.73. The Kier molecular flexibility index (Phi) is 5.92. The Morgan fingerprint density at radius 1 is 0.952 bits per heavy atom. The molecule has 0 amide bonds. The first-order chi connectivity index (χ1) is 10.2. The van der Waals surface area contributed by atoms with Gasteiger partial charge in [-0.25, -0.2) is 0 Å². The molecular formula is C19H20OS. The predicted molar refractivity (Wildman–Crippen MR) is 91.3 cm³/mol. The molecule has 0 aromatic heterocycles. The smallest absolute Gasteiger partial charge is 0.104 e. The van der Waals surface area contributed by atoms with Gasteiger partial charge < -0.3 is 5.11 Å². The van der Waals surface area contributed by atoms with Crippen LogP contribution in [0.1, 0.15) is 27.8 Å². The third kappa shape index (κ3) is 5.30. The predicted octanol–water partition coefficient (Wildman–Crippen LogP) is 4.08. The zero-order valence-electron chi connectivity index (χ0n) is 12.5. The molecule has 21 heavy (non-hydrogen) atoms. The summed E-state index contributed by atoms with van der Waals surface area (Å²) < 4.78 is 0. The molecule has 2 aromatic carbocycles. The van der Waals surface area contributed by atoms with Crippen molar-refractivity contribution in [3.63, 3.8) is 0 Å². The third-order valence-electron chi connectivity index (χ3n) is 3.06. The molecular weight excluding hydrogens is 276 g/mol. The van der Waals surface area contributed by atoms with Crippen LogP contribution in [0.4, 0.5) is 0 Å². The second-order valence-corrected chi connectivity index (χ2v) is 6.13. The van der Waals surface area contributed by atoms with Crippen LogP contribution in [0.25, 0.3) is 0 Å². The minimum atomic E-state index is -0.0916. The van der Waals surface area contributed by atoms with Crippen molar-refractivity contribution in [3.8, 4) is 11.8 Å². The Morgan fingerprint density at radius 2 is 1.67 bits per heavy atom. The summed E-state index contributed by atoms with van der Waals surface area (Å²) in [5.41, 5.74) is 6.27. The molecule has 2 rings (SSSR count). The van der Waals surface area contributed by atoms with E-state index in [1.807, 2.05) is 23.9 Å². The number of thioether (sulfide) groups is 1. The van der Waals surface area contributed by atoms with Crippen molar-refractivity contribution in [2.45, 2.75) is 25.4 Å². The van der Waals surface area contributed by atoms with Gasteiger partial charge in [-0.15, -0.1) is 0 Å². The van der Waals surface area contributed by atoms with Gasteiger partial charge in [0.25, 0.3) is 0 Å². The first-order valence-corrected chi connectivity index (χ1v) is 8.16. The Balaban J connectivity index is 1.94. The first kappa shape index (κ1) is 15.7. The maximum atomic E-state index is 8.73. The lowest BCUT2D eigenvalue weighted by Gasteiger charge is -2.06.